The molecule has 4 nitrogen and oxygen atoms in total. The van der Waals surface area contributed by atoms with Crippen LogP contribution in [0.2, 0.25) is 0 Å². The van der Waals surface area contributed by atoms with E-state index in [0.29, 0.717) is 12.1 Å². The van der Waals surface area contributed by atoms with Gasteiger partial charge in [-0.05, 0) is 30.0 Å². The molecule has 0 aliphatic heterocycles. The number of hydrogen-bond donors (Lipinski definition) is 0. The van der Waals surface area contributed by atoms with E-state index >= 15 is 0 Å². The Bertz CT molecular complexity index is 718. The summed E-state index contributed by atoms with van der Waals surface area (Å²) in [4.78, 5) is 23.9. The summed E-state index contributed by atoms with van der Waals surface area (Å²) in [6, 6.07) is 8.74. The van der Waals surface area contributed by atoms with Gasteiger partial charge in [0.15, 0.2) is 0 Å². The molecule has 0 saturated carbocycles. The number of aryl methyl sites for hydroxylation is 1. The standard InChI is InChI=1S/C19H25NO3/c1-3-4-5-6-7-8-13-20-17-14-16(19(22)23-2)10-9-15(17)11-12-18(20)21/h9-12,14H,3-8,13H2,1-2H3. The van der Waals surface area contributed by atoms with Crippen molar-refractivity contribution in [3.8, 4) is 0 Å². The van der Waals surface area contributed by atoms with E-state index in [-0.39, 0.29) is 11.5 Å². The van der Waals surface area contributed by atoms with Gasteiger partial charge in [0.2, 0.25) is 0 Å². The number of pyridine rings is 1. The number of esters is 1. The van der Waals surface area contributed by atoms with Gasteiger partial charge in [0.1, 0.15) is 0 Å². The summed E-state index contributed by atoms with van der Waals surface area (Å²) in [7, 11) is 1.36. The summed E-state index contributed by atoms with van der Waals surface area (Å²) in [6.45, 7) is 2.89. The second-order valence-electron chi connectivity index (χ2n) is 5.86. The zero-order valence-electron chi connectivity index (χ0n) is 14.0. The lowest BCUT2D eigenvalue weighted by atomic mass is 10.1. The molecule has 0 radical (unpaired) electrons. The smallest absolute Gasteiger partial charge is 0.337 e. The summed E-state index contributed by atoms with van der Waals surface area (Å²) < 4.78 is 6.53. The number of nitrogens with zero attached hydrogens (tertiary/aromatic N) is 1. The van der Waals surface area contributed by atoms with E-state index in [1.54, 1.807) is 28.8 Å². The van der Waals surface area contributed by atoms with E-state index in [2.05, 4.69) is 6.92 Å². The van der Waals surface area contributed by atoms with Crippen LogP contribution >= 0.6 is 0 Å². The largest absolute Gasteiger partial charge is 0.465 e. The molecule has 0 aliphatic carbocycles. The molecular weight excluding hydrogens is 290 g/mol. The van der Waals surface area contributed by atoms with Gasteiger partial charge in [0.05, 0.1) is 18.2 Å². The highest BCUT2D eigenvalue weighted by atomic mass is 16.5. The highest BCUT2D eigenvalue weighted by molar-refractivity contribution is 5.94. The van der Waals surface area contributed by atoms with E-state index in [9.17, 15) is 9.59 Å². The third-order valence-electron chi connectivity index (χ3n) is 4.15. The van der Waals surface area contributed by atoms with Crippen molar-refractivity contribution in [1.82, 2.24) is 4.57 Å². The van der Waals surface area contributed by atoms with E-state index in [1.807, 2.05) is 6.07 Å². The first-order valence-electron chi connectivity index (χ1n) is 8.39. The Morgan fingerprint density at radius 3 is 2.48 bits per heavy atom. The van der Waals surface area contributed by atoms with Crippen LogP contribution in [0.15, 0.2) is 35.1 Å². The number of ether oxygens (including phenoxy) is 1. The molecule has 0 spiro atoms. The van der Waals surface area contributed by atoms with Crippen LogP contribution in [0.3, 0.4) is 0 Å². The summed E-state index contributed by atoms with van der Waals surface area (Å²) in [5.41, 5.74) is 1.25. The molecule has 2 rings (SSSR count). The van der Waals surface area contributed by atoms with Gasteiger partial charge >= 0.3 is 5.97 Å². The summed E-state index contributed by atoms with van der Waals surface area (Å²) in [5.74, 6) is -0.380. The zero-order chi connectivity index (χ0) is 16.7. The van der Waals surface area contributed by atoms with Crippen molar-refractivity contribution in [2.75, 3.05) is 7.11 Å². The number of rotatable bonds is 8. The topological polar surface area (TPSA) is 48.3 Å². The molecule has 0 unspecified atom stereocenters. The molecule has 124 valence electrons. The van der Waals surface area contributed by atoms with Gasteiger partial charge in [0.25, 0.3) is 5.56 Å². The normalized spacial score (nSPS) is 10.9. The Balaban J connectivity index is 2.18. The molecule has 1 aromatic carbocycles. The average molecular weight is 315 g/mol. The van der Waals surface area contributed by atoms with Gasteiger partial charge in [-0.25, -0.2) is 4.79 Å². The molecule has 4 heteroatoms. The van der Waals surface area contributed by atoms with Crippen molar-refractivity contribution in [3.63, 3.8) is 0 Å². The zero-order valence-corrected chi connectivity index (χ0v) is 14.0. The highest BCUT2D eigenvalue weighted by Gasteiger charge is 2.09. The van der Waals surface area contributed by atoms with Gasteiger partial charge in [-0.3, -0.25) is 4.79 Å². The molecule has 1 heterocycles. The maximum absolute atomic E-state index is 12.2. The number of aromatic nitrogens is 1. The second-order valence-corrected chi connectivity index (χ2v) is 5.86. The molecule has 0 atom stereocenters. The maximum atomic E-state index is 12.2. The lowest BCUT2D eigenvalue weighted by molar-refractivity contribution is 0.0601. The monoisotopic (exact) mass is 315 g/mol. The number of hydrogen-bond acceptors (Lipinski definition) is 3. The number of benzene rings is 1. The Morgan fingerprint density at radius 2 is 1.74 bits per heavy atom. The third kappa shape index (κ3) is 4.44. The molecule has 0 N–H and O–H groups in total. The summed E-state index contributed by atoms with van der Waals surface area (Å²) >= 11 is 0. The predicted octanol–water partition coefficient (Wildman–Crippen LogP) is 4.15. The van der Waals surface area contributed by atoms with Crippen LogP contribution in [0.25, 0.3) is 10.9 Å². The predicted molar refractivity (Wildman–Crippen MR) is 92.9 cm³/mol. The summed E-state index contributed by atoms with van der Waals surface area (Å²) in [5, 5.41) is 0.961. The Kier molecular flexibility index (Phi) is 6.39. The number of unbranched alkanes of at least 4 members (excludes halogenated alkanes) is 5. The third-order valence-corrected chi connectivity index (χ3v) is 4.15. The van der Waals surface area contributed by atoms with Crippen LogP contribution in [-0.2, 0) is 11.3 Å². The molecule has 0 bridgehead atoms. The minimum atomic E-state index is -0.380. The van der Waals surface area contributed by atoms with Crippen LogP contribution in [0.4, 0.5) is 0 Å². The molecule has 0 fully saturated rings. The molecule has 0 saturated heterocycles. The number of methoxy groups -OCH3 is 1. The van der Waals surface area contributed by atoms with Crippen molar-refractivity contribution in [2.24, 2.45) is 0 Å². The van der Waals surface area contributed by atoms with E-state index < -0.39 is 0 Å². The van der Waals surface area contributed by atoms with Crippen molar-refractivity contribution in [3.05, 3.63) is 46.2 Å². The number of carbonyl (C=O) groups is 1. The first-order chi connectivity index (χ1) is 11.2. The van der Waals surface area contributed by atoms with Crippen molar-refractivity contribution < 1.29 is 9.53 Å². The molecule has 23 heavy (non-hydrogen) atoms. The van der Waals surface area contributed by atoms with Gasteiger partial charge in [-0.1, -0.05) is 45.1 Å². The lowest BCUT2D eigenvalue weighted by Crippen LogP contribution is -2.19. The molecule has 2 aromatic rings. The molecule has 0 amide bonds. The van der Waals surface area contributed by atoms with Gasteiger partial charge in [-0.15, -0.1) is 0 Å². The van der Waals surface area contributed by atoms with Crippen LogP contribution in [0, 0.1) is 0 Å². The minimum Gasteiger partial charge on any atom is -0.465 e. The van der Waals surface area contributed by atoms with Crippen LogP contribution in [0.5, 0.6) is 0 Å². The average Bonchev–Trinajstić information content (AvgIpc) is 2.58. The van der Waals surface area contributed by atoms with E-state index in [4.69, 9.17) is 4.74 Å². The van der Waals surface area contributed by atoms with Crippen molar-refractivity contribution >= 4 is 16.9 Å². The maximum Gasteiger partial charge on any atom is 0.337 e. The van der Waals surface area contributed by atoms with E-state index in [0.717, 1.165) is 23.7 Å². The fourth-order valence-corrected chi connectivity index (χ4v) is 2.81. The fourth-order valence-electron chi connectivity index (χ4n) is 2.81. The lowest BCUT2D eigenvalue weighted by Gasteiger charge is -2.11. The Hall–Kier alpha value is -2.10. The SMILES string of the molecule is CCCCCCCCn1c(=O)ccc2ccc(C(=O)OC)cc21. The fraction of sp³-hybridized carbons (Fsp3) is 0.474. The van der Waals surface area contributed by atoms with Crippen molar-refractivity contribution in [2.45, 2.75) is 52.0 Å². The Morgan fingerprint density at radius 1 is 1.04 bits per heavy atom. The van der Waals surface area contributed by atoms with Crippen LogP contribution < -0.4 is 5.56 Å². The minimum absolute atomic E-state index is 0.0203. The first kappa shape index (κ1) is 17.3. The van der Waals surface area contributed by atoms with E-state index in [1.165, 1.54) is 32.8 Å². The number of carbonyl (C=O) groups excluding carboxylic acids is 1. The van der Waals surface area contributed by atoms with Gasteiger partial charge < -0.3 is 9.30 Å². The molecule has 1 aromatic heterocycles. The summed E-state index contributed by atoms with van der Waals surface area (Å²) in [6.07, 6.45) is 7.08. The van der Waals surface area contributed by atoms with Crippen LogP contribution in [0.1, 0.15) is 55.8 Å². The van der Waals surface area contributed by atoms with Crippen molar-refractivity contribution in [1.29, 1.82) is 0 Å². The number of fused-ring (bicyclic) bond motifs is 1. The Labute approximate surface area is 137 Å². The second kappa shape index (κ2) is 8.51. The quantitative estimate of drug-likeness (QED) is 0.543. The molecular formula is C19H25NO3. The first-order valence-corrected chi connectivity index (χ1v) is 8.39. The van der Waals surface area contributed by atoms with Gasteiger partial charge in [0, 0.05) is 12.6 Å². The van der Waals surface area contributed by atoms with Crippen LogP contribution in [-0.4, -0.2) is 17.6 Å². The molecule has 0 aliphatic rings. The highest BCUT2D eigenvalue weighted by Crippen LogP contribution is 2.16. The van der Waals surface area contributed by atoms with Gasteiger partial charge in [-0.2, -0.15) is 0 Å².